The fourth-order valence-corrected chi connectivity index (χ4v) is 4.45. The molecule has 8 nitrogen and oxygen atoms in total. The number of carbonyl (C=O) groups is 2. The topological polar surface area (TPSA) is 96.0 Å². The van der Waals surface area contributed by atoms with Gasteiger partial charge in [-0.25, -0.2) is 9.78 Å². The van der Waals surface area contributed by atoms with Crippen LogP contribution < -0.4 is 19.5 Å². The molecule has 0 bridgehead atoms. The fourth-order valence-electron chi connectivity index (χ4n) is 3.88. The van der Waals surface area contributed by atoms with Crippen LogP contribution in [0.5, 0.6) is 23.1 Å². The van der Waals surface area contributed by atoms with E-state index in [9.17, 15) is 9.59 Å². The van der Waals surface area contributed by atoms with Crippen molar-refractivity contribution < 1.29 is 28.5 Å². The van der Waals surface area contributed by atoms with Gasteiger partial charge in [-0.05, 0) is 48.0 Å². The number of methoxy groups -OCH3 is 3. The van der Waals surface area contributed by atoms with Crippen molar-refractivity contribution in [3.8, 4) is 23.1 Å². The molecule has 0 saturated carbocycles. The molecule has 1 N–H and O–H groups in total. The minimum atomic E-state index is -0.967. The van der Waals surface area contributed by atoms with Gasteiger partial charge in [0.15, 0.2) is 11.5 Å². The third-order valence-corrected chi connectivity index (χ3v) is 6.37. The van der Waals surface area contributed by atoms with Crippen molar-refractivity contribution in [3.63, 3.8) is 0 Å². The SMILES string of the molecule is COC(=O)C(Cc1ccc2nc(Oc3c(OC)cccc3OC)ccc2c1)NC(=O)c1c(Cl)cccc1Cl. The molecule has 4 aromatic rings. The highest BCUT2D eigenvalue weighted by molar-refractivity contribution is 6.39. The number of hydrogen-bond acceptors (Lipinski definition) is 7. The zero-order valence-corrected chi connectivity index (χ0v) is 22.3. The molecule has 1 unspecified atom stereocenters. The molecule has 0 saturated heterocycles. The van der Waals surface area contributed by atoms with Crippen molar-refractivity contribution in [2.75, 3.05) is 21.3 Å². The molecule has 10 heteroatoms. The lowest BCUT2D eigenvalue weighted by Crippen LogP contribution is -2.43. The number of halogens is 2. The van der Waals surface area contributed by atoms with Gasteiger partial charge in [0, 0.05) is 17.9 Å². The van der Waals surface area contributed by atoms with Crippen molar-refractivity contribution in [1.29, 1.82) is 0 Å². The smallest absolute Gasteiger partial charge is 0.328 e. The number of benzene rings is 3. The van der Waals surface area contributed by atoms with E-state index in [0.29, 0.717) is 28.6 Å². The van der Waals surface area contributed by atoms with E-state index in [2.05, 4.69) is 10.3 Å². The second-order valence-electron chi connectivity index (χ2n) is 8.12. The fraction of sp³-hybridized carbons (Fsp3) is 0.179. The van der Waals surface area contributed by atoms with Crippen LogP contribution in [0.1, 0.15) is 15.9 Å². The molecule has 1 aromatic heterocycles. The molecule has 3 aromatic carbocycles. The quantitative estimate of drug-likeness (QED) is 0.258. The highest BCUT2D eigenvalue weighted by Gasteiger charge is 2.25. The van der Waals surface area contributed by atoms with Crippen molar-refractivity contribution in [1.82, 2.24) is 10.3 Å². The van der Waals surface area contributed by atoms with Gasteiger partial charge in [-0.2, -0.15) is 0 Å². The second kappa shape index (κ2) is 12.0. The number of hydrogen-bond donors (Lipinski definition) is 1. The number of fused-ring (bicyclic) bond motifs is 1. The first-order valence-corrected chi connectivity index (χ1v) is 12.2. The van der Waals surface area contributed by atoms with Crippen LogP contribution in [-0.4, -0.2) is 44.2 Å². The summed E-state index contributed by atoms with van der Waals surface area (Å²) < 4.78 is 21.7. The van der Waals surface area contributed by atoms with Crippen LogP contribution in [0.2, 0.25) is 10.0 Å². The first-order valence-electron chi connectivity index (χ1n) is 11.5. The Morgan fingerprint density at radius 3 is 2.18 bits per heavy atom. The standard InChI is InChI=1S/C28H24Cl2N2O6/c1-35-22-8-5-9-23(36-2)26(22)38-24-13-11-17-14-16(10-12-20(17)31-24)15-21(28(34)37-3)32-27(33)25-18(29)6-4-7-19(25)30/h4-14,21H,15H2,1-3H3,(H,32,33). The van der Waals surface area contributed by atoms with Crippen molar-refractivity contribution in [2.45, 2.75) is 12.5 Å². The van der Waals surface area contributed by atoms with Crippen molar-refractivity contribution >= 4 is 46.0 Å². The number of rotatable bonds is 9. The Bertz CT molecular complexity index is 1450. The summed E-state index contributed by atoms with van der Waals surface area (Å²) >= 11 is 12.3. The van der Waals surface area contributed by atoms with Crippen LogP contribution in [0.4, 0.5) is 0 Å². The molecule has 1 amide bonds. The Morgan fingerprint density at radius 2 is 1.55 bits per heavy atom. The first-order chi connectivity index (χ1) is 18.3. The minimum Gasteiger partial charge on any atom is -0.493 e. The average Bonchev–Trinajstić information content (AvgIpc) is 2.92. The summed E-state index contributed by atoms with van der Waals surface area (Å²) in [5.41, 5.74) is 1.54. The number of ether oxygens (including phenoxy) is 4. The van der Waals surface area contributed by atoms with Crippen molar-refractivity contribution in [2.24, 2.45) is 0 Å². The van der Waals surface area contributed by atoms with E-state index in [1.54, 1.807) is 62.8 Å². The van der Waals surface area contributed by atoms with Gasteiger partial charge in [0.1, 0.15) is 6.04 Å². The molecule has 0 fully saturated rings. The van der Waals surface area contributed by atoms with E-state index in [4.69, 9.17) is 42.1 Å². The molecule has 0 aliphatic heterocycles. The molecule has 0 spiro atoms. The Morgan fingerprint density at radius 1 is 0.895 bits per heavy atom. The van der Waals surface area contributed by atoms with Gasteiger partial charge >= 0.3 is 5.97 Å². The zero-order valence-electron chi connectivity index (χ0n) is 20.8. The maximum atomic E-state index is 12.9. The summed E-state index contributed by atoms with van der Waals surface area (Å²) in [6.07, 6.45) is 0.174. The van der Waals surface area contributed by atoms with E-state index < -0.39 is 17.9 Å². The van der Waals surface area contributed by atoms with Gasteiger partial charge in [-0.15, -0.1) is 0 Å². The molecule has 4 rings (SSSR count). The normalized spacial score (nSPS) is 11.5. The molecule has 0 aliphatic carbocycles. The number of nitrogens with one attached hydrogen (secondary N) is 1. The Hall–Kier alpha value is -4.01. The molecule has 196 valence electrons. The lowest BCUT2D eigenvalue weighted by Gasteiger charge is -2.18. The number of carbonyl (C=O) groups excluding carboxylic acids is 2. The molecule has 0 aliphatic rings. The molecule has 38 heavy (non-hydrogen) atoms. The summed E-state index contributed by atoms with van der Waals surface area (Å²) in [5, 5.41) is 3.85. The lowest BCUT2D eigenvalue weighted by molar-refractivity contribution is -0.142. The van der Waals surface area contributed by atoms with Crippen molar-refractivity contribution in [3.05, 3.63) is 87.9 Å². The van der Waals surface area contributed by atoms with Gasteiger partial charge in [-0.1, -0.05) is 41.4 Å². The number of esters is 1. The van der Waals surface area contributed by atoms with E-state index in [1.807, 2.05) is 18.2 Å². The Labute approximate surface area is 229 Å². The molecular formula is C28H24Cl2N2O6. The van der Waals surface area contributed by atoms with Crippen LogP contribution in [0, 0.1) is 0 Å². The highest BCUT2D eigenvalue weighted by atomic mass is 35.5. The first kappa shape index (κ1) is 27.0. The number of aromatic nitrogens is 1. The third-order valence-electron chi connectivity index (χ3n) is 5.74. The van der Waals surface area contributed by atoms with Crippen LogP contribution in [-0.2, 0) is 16.0 Å². The number of para-hydroxylation sites is 1. The highest BCUT2D eigenvalue weighted by Crippen LogP contribution is 2.39. The monoisotopic (exact) mass is 554 g/mol. The predicted octanol–water partition coefficient (Wildman–Crippen LogP) is 5.87. The van der Waals surface area contributed by atoms with E-state index in [0.717, 1.165) is 10.9 Å². The van der Waals surface area contributed by atoms with Gasteiger partial charge in [-0.3, -0.25) is 4.79 Å². The van der Waals surface area contributed by atoms with Crippen LogP contribution in [0.3, 0.4) is 0 Å². The summed E-state index contributed by atoms with van der Waals surface area (Å²) in [7, 11) is 4.35. The molecule has 1 atom stereocenters. The minimum absolute atomic E-state index is 0.0895. The molecule has 0 radical (unpaired) electrons. The van der Waals surface area contributed by atoms with Crippen LogP contribution in [0.15, 0.2) is 66.7 Å². The number of amides is 1. The van der Waals surface area contributed by atoms with E-state index in [-0.39, 0.29) is 22.0 Å². The van der Waals surface area contributed by atoms with Crippen LogP contribution >= 0.6 is 23.2 Å². The number of pyridine rings is 1. The van der Waals surface area contributed by atoms with Gasteiger partial charge in [0.25, 0.3) is 5.91 Å². The summed E-state index contributed by atoms with van der Waals surface area (Å²) in [6.45, 7) is 0. The van der Waals surface area contributed by atoms with E-state index >= 15 is 0 Å². The van der Waals surface area contributed by atoms with E-state index in [1.165, 1.54) is 7.11 Å². The summed E-state index contributed by atoms with van der Waals surface area (Å²) in [6, 6.07) is 18.1. The third kappa shape index (κ3) is 5.93. The van der Waals surface area contributed by atoms with Gasteiger partial charge < -0.3 is 24.3 Å². The Balaban J connectivity index is 1.56. The van der Waals surface area contributed by atoms with Gasteiger partial charge in [0.2, 0.25) is 11.6 Å². The predicted molar refractivity (Wildman–Crippen MR) is 145 cm³/mol. The summed E-state index contributed by atoms with van der Waals surface area (Å²) in [4.78, 5) is 29.9. The number of nitrogens with zero attached hydrogens (tertiary/aromatic N) is 1. The maximum absolute atomic E-state index is 12.9. The zero-order chi connectivity index (χ0) is 27.2. The van der Waals surface area contributed by atoms with Gasteiger partial charge in [0.05, 0.1) is 42.5 Å². The maximum Gasteiger partial charge on any atom is 0.328 e. The average molecular weight is 555 g/mol. The Kier molecular flexibility index (Phi) is 8.55. The molecular weight excluding hydrogens is 531 g/mol. The largest absolute Gasteiger partial charge is 0.493 e. The lowest BCUT2D eigenvalue weighted by atomic mass is 10.0. The molecule has 1 heterocycles. The summed E-state index contributed by atoms with van der Waals surface area (Å²) in [5.74, 6) is 0.605. The van der Waals surface area contributed by atoms with Crippen LogP contribution in [0.25, 0.3) is 10.9 Å². The second-order valence-corrected chi connectivity index (χ2v) is 8.93.